The number of amides is 1. The van der Waals surface area contributed by atoms with Crippen molar-refractivity contribution in [2.24, 2.45) is 0 Å². The number of nitrogens with one attached hydrogen (secondary N) is 2. The summed E-state index contributed by atoms with van der Waals surface area (Å²) in [6.45, 7) is 4.16. The van der Waals surface area contributed by atoms with Crippen LogP contribution in [0.3, 0.4) is 0 Å². The van der Waals surface area contributed by atoms with Crippen LogP contribution in [0.25, 0.3) is 0 Å². The van der Waals surface area contributed by atoms with Crippen LogP contribution >= 0.6 is 12.4 Å². The van der Waals surface area contributed by atoms with Gasteiger partial charge < -0.3 is 15.4 Å². The lowest BCUT2D eigenvalue weighted by molar-refractivity contribution is -0.123. The molecule has 2 N–H and O–H groups in total. The number of piperidine rings is 1. The van der Waals surface area contributed by atoms with E-state index in [1.165, 1.54) is 5.56 Å². The normalized spacial score (nSPS) is 15.2. The van der Waals surface area contributed by atoms with Gasteiger partial charge in [0.25, 0.3) is 5.91 Å². The van der Waals surface area contributed by atoms with Crippen LogP contribution < -0.4 is 15.4 Å². The topological polar surface area (TPSA) is 50.4 Å². The minimum Gasteiger partial charge on any atom is -0.484 e. The Bertz CT molecular complexity index is 403. The van der Waals surface area contributed by atoms with Crippen LogP contribution in [-0.4, -0.2) is 31.6 Å². The first-order chi connectivity index (χ1) is 9.28. The maximum Gasteiger partial charge on any atom is 0.258 e. The average molecular weight is 299 g/mol. The molecule has 4 nitrogen and oxygen atoms in total. The fourth-order valence-corrected chi connectivity index (χ4v) is 2.21. The van der Waals surface area contributed by atoms with E-state index >= 15 is 0 Å². The maximum absolute atomic E-state index is 11.8. The van der Waals surface area contributed by atoms with Crippen molar-refractivity contribution in [1.82, 2.24) is 10.6 Å². The molecule has 112 valence electrons. The molecule has 1 heterocycles. The van der Waals surface area contributed by atoms with E-state index in [4.69, 9.17) is 4.74 Å². The lowest BCUT2D eigenvalue weighted by Crippen LogP contribution is -2.44. The molecule has 1 amide bonds. The van der Waals surface area contributed by atoms with Crippen molar-refractivity contribution in [2.45, 2.75) is 32.2 Å². The van der Waals surface area contributed by atoms with Crippen LogP contribution in [0.15, 0.2) is 24.3 Å². The molecular weight excluding hydrogens is 276 g/mol. The highest BCUT2D eigenvalue weighted by atomic mass is 35.5. The van der Waals surface area contributed by atoms with Crippen molar-refractivity contribution >= 4 is 18.3 Å². The lowest BCUT2D eigenvalue weighted by atomic mass is 10.1. The van der Waals surface area contributed by atoms with Gasteiger partial charge >= 0.3 is 0 Å². The molecule has 0 unspecified atom stereocenters. The van der Waals surface area contributed by atoms with Gasteiger partial charge in [-0.05, 0) is 50.0 Å². The van der Waals surface area contributed by atoms with E-state index in [1.54, 1.807) is 0 Å². The average Bonchev–Trinajstić information content (AvgIpc) is 2.47. The molecule has 0 bridgehead atoms. The molecule has 0 radical (unpaired) electrons. The second kappa shape index (κ2) is 8.82. The molecule has 1 saturated heterocycles. The van der Waals surface area contributed by atoms with Crippen LogP contribution in [-0.2, 0) is 11.2 Å². The third-order valence-corrected chi connectivity index (χ3v) is 3.41. The van der Waals surface area contributed by atoms with Crippen molar-refractivity contribution < 1.29 is 9.53 Å². The summed E-state index contributed by atoms with van der Waals surface area (Å²) in [4.78, 5) is 11.8. The molecule has 0 aliphatic carbocycles. The summed E-state index contributed by atoms with van der Waals surface area (Å²) >= 11 is 0. The number of benzene rings is 1. The monoisotopic (exact) mass is 298 g/mol. The first-order valence-electron chi connectivity index (χ1n) is 6.99. The van der Waals surface area contributed by atoms with Gasteiger partial charge in [-0.1, -0.05) is 19.1 Å². The molecule has 1 aromatic carbocycles. The number of halogens is 1. The van der Waals surface area contributed by atoms with E-state index in [1.807, 2.05) is 24.3 Å². The molecule has 1 fully saturated rings. The highest BCUT2D eigenvalue weighted by Gasteiger charge is 2.15. The largest absolute Gasteiger partial charge is 0.484 e. The Labute approximate surface area is 126 Å². The summed E-state index contributed by atoms with van der Waals surface area (Å²) in [7, 11) is 0. The maximum atomic E-state index is 11.8. The van der Waals surface area contributed by atoms with Gasteiger partial charge in [0, 0.05) is 6.04 Å². The van der Waals surface area contributed by atoms with Crippen molar-refractivity contribution in [3.8, 4) is 5.75 Å². The molecule has 0 atom stereocenters. The van der Waals surface area contributed by atoms with Gasteiger partial charge in [0.2, 0.25) is 0 Å². The lowest BCUT2D eigenvalue weighted by Gasteiger charge is -2.23. The van der Waals surface area contributed by atoms with E-state index in [0.717, 1.165) is 38.1 Å². The van der Waals surface area contributed by atoms with Crippen molar-refractivity contribution in [3.05, 3.63) is 29.8 Å². The van der Waals surface area contributed by atoms with E-state index in [2.05, 4.69) is 17.6 Å². The smallest absolute Gasteiger partial charge is 0.258 e. The Morgan fingerprint density at radius 2 is 1.95 bits per heavy atom. The first kappa shape index (κ1) is 16.8. The zero-order chi connectivity index (χ0) is 13.5. The molecule has 20 heavy (non-hydrogen) atoms. The van der Waals surface area contributed by atoms with Gasteiger partial charge in [-0.15, -0.1) is 12.4 Å². The predicted octanol–water partition coefficient (Wildman–Crippen LogP) is 1.92. The third-order valence-electron chi connectivity index (χ3n) is 3.41. The number of hydrogen-bond donors (Lipinski definition) is 2. The summed E-state index contributed by atoms with van der Waals surface area (Å²) in [5.74, 6) is 0.712. The van der Waals surface area contributed by atoms with E-state index in [9.17, 15) is 4.79 Å². The molecule has 2 rings (SSSR count). The number of aryl methyl sites for hydroxylation is 1. The van der Waals surface area contributed by atoms with Crippen molar-refractivity contribution in [2.75, 3.05) is 19.7 Å². The summed E-state index contributed by atoms with van der Waals surface area (Å²) in [6.07, 6.45) is 3.00. The molecule has 1 aliphatic heterocycles. The Morgan fingerprint density at radius 3 is 2.55 bits per heavy atom. The Kier molecular flexibility index (Phi) is 7.41. The van der Waals surface area contributed by atoms with E-state index in [0.29, 0.717) is 6.04 Å². The summed E-state index contributed by atoms with van der Waals surface area (Å²) in [5, 5.41) is 6.28. The Hall–Kier alpha value is -1.26. The minimum absolute atomic E-state index is 0. The van der Waals surface area contributed by atoms with Crippen LogP contribution in [0.5, 0.6) is 5.75 Å². The Morgan fingerprint density at radius 1 is 1.30 bits per heavy atom. The standard InChI is InChI=1S/C15H22N2O2.ClH/c1-2-12-3-5-14(6-4-12)19-11-15(18)17-13-7-9-16-10-8-13;/h3-6,13,16H,2,7-11H2,1H3,(H,17,18);1H. The number of carbonyl (C=O) groups is 1. The van der Waals surface area contributed by atoms with Crippen LogP contribution in [0.4, 0.5) is 0 Å². The zero-order valence-corrected chi connectivity index (χ0v) is 12.7. The first-order valence-corrected chi connectivity index (χ1v) is 6.99. The van der Waals surface area contributed by atoms with Crippen molar-refractivity contribution in [3.63, 3.8) is 0 Å². The van der Waals surface area contributed by atoms with Gasteiger partial charge in [-0.25, -0.2) is 0 Å². The second-order valence-corrected chi connectivity index (χ2v) is 4.88. The molecule has 1 aliphatic rings. The number of hydrogen-bond acceptors (Lipinski definition) is 3. The molecule has 0 saturated carbocycles. The third kappa shape index (κ3) is 5.39. The number of carbonyl (C=O) groups excluding carboxylic acids is 1. The van der Waals surface area contributed by atoms with Gasteiger partial charge in [-0.2, -0.15) is 0 Å². The highest BCUT2D eigenvalue weighted by molar-refractivity contribution is 5.85. The van der Waals surface area contributed by atoms with Gasteiger partial charge in [0.15, 0.2) is 6.61 Å². The molecule has 5 heteroatoms. The molecule has 1 aromatic rings. The van der Waals surface area contributed by atoms with E-state index < -0.39 is 0 Å². The van der Waals surface area contributed by atoms with Crippen LogP contribution in [0.2, 0.25) is 0 Å². The molecule has 0 spiro atoms. The fourth-order valence-electron chi connectivity index (χ4n) is 2.21. The summed E-state index contributed by atoms with van der Waals surface area (Å²) in [6, 6.07) is 8.17. The van der Waals surface area contributed by atoms with Gasteiger partial charge in [0.05, 0.1) is 0 Å². The molecular formula is C15H23ClN2O2. The number of rotatable bonds is 5. The summed E-state index contributed by atoms with van der Waals surface area (Å²) in [5.41, 5.74) is 1.27. The zero-order valence-electron chi connectivity index (χ0n) is 11.9. The Balaban J connectivity index is 0.00000200. The quantitative estimate of drug-likeness (QED) is 0.873. The van der Waals surface area contributed by atoms with E-state index in [-0.39, 0.29) is 24.9 Å². The van der Waals surface area contributed by atoms with Crippen LogP contribution in [0.1, 0.15) is 25.3 Å². The minimum atomic E-state index is -0.0357. The highest BCUT2D eigenvalue weighted by Crippen LogP contribution is 2.12. The molecule has 0 aromatic heterocycles. The summed E-state index contributed by atoms with van der Waals surface area (Å²) < 4.78 is 5.48. The fraction of sp³-hybridized carbons (Fsp3) is 0.533. The van der Waals surface area contributed by atoms with Crippen LogP contribution in [0, 0.1) is 0 Å². The predicted molar refractivity (Wildman–Crippen MR) is 82.6 cm³/mol. The SMILES string of the molecule is CCc1ccc(OCC(=O)NC2CCNCC2)cc1.Cl. The second-order valence-electron chi connectivity index (χ2n) is 4.88. The number of ether oxygens (including phenoxy) is 1. The van der Waals surface area contributed by atoms with Gasteiger partial charge in [0.1, 0.15) is 5.75 Å². The van der Waals surface area contributed by atoms with Gasteiger partial charge in [-0.3, -0.25) is 4.79 Å². The van der Waals surface area contributed by atoms with Crippen molar-refractivity contribution in [1.29, 1.82) is 0 Å².